The Labute approximate surface area is 144 Å². The Morgan fingerprint density at radius 3 is 2.87 bits per heavy atom. The van der Waals surface area contributed by atoms with Crippen LogP contribution in [-0.4, -0.2) is 37.1 Å². The van der Waals surface area contributed by atoms with Crippen LogP contribution in [0.5, 0.6) is 0 Å². The zero-order chi connectivity index (χ0) is 16.8. The van der Waals surface area contributed by atoms with Crippen LogP contribution in [0.15, 0.2) is 22.7 Å². The number of halogens is 1. The lowest BCUT2D eigenvalue weighted by Gasteiger charge is -2.13. The number of nitrogens with two attached hydrogens (primary N) is 1. The van der Waals surface area contributed by atoms with Gasteiger partial charge in [-0.2, -0.15) is 0 Å². The topological polar surface area (TPSA) is 93.5 Å². The van der Waals surface area contributed by atoms with Gasteiger partial charge in [0.2, 0.25) is 11.8 Å². The molecule has 2 rings (SSSR count). The molecule has 1 heterocycles. The van der Waals surface area contributed by atoms with Crippen LogP contribution in [0.4, 0.5) is 5.69 Å². The van der Waals surface area contributed by atoms with Crippen molar-refractivity contribution in [2.24, 2.45) is 5.73 Å². The summed E-state index contributed by atoms with van der Waals surface area (Å²) in [5.74, 6) is -0.314. The number of rotatable bonds is 6. The van der Waals surface area contributed by atoms with E-state index in [-0.39, 0.29) is 30.9 Å². The average Bonchev–Trinajstić information content (AvgIpc) is 3.00. The standard InChI is InChI=1S/C16H22BrN3O3/c1-10-2-3-11(17)8-13(10)20-15(21)6-7-19-16(22)14-5-4-12(9-18)23-14/h2-3,8,12,14H,4-7,9,18H2,1H3,(H,19,22)(H,20,21)/t12-,14+/m1/s1. The van der Waals surface area contributed by atoms with Gasteiger partial charge < -0.3 is 21.1 Å². The third kappa shape index (κ3) is 5.30. The van der Waals surface area contributed by atoms with E-state index in [1.165, 1.54) is 0 Å². The van der Waals surface area contributed by atoms with Crippen molar-refractivity contribution < 1.29 is 14.3 Å². The largest absolute Gasteiger partial charge is 0.364 e. The number of hydrogen-bond acceptors (Lipinski definition) is 4. The molecule has 0 aromatic heterocycles. The number of nitrogens with one attached hydrogen (secondary N) is 2. The van der Waals surface area contributed by atoms with Crippen molar-refractivity contribution in [1.82, 2.24) is 5.32 Å². The predicted octanol–water partition coefficient (Wildman–Crippen LogP) is 1.71. The van der Waals surface area contributed by atoms with Crippen LogP contribution < -0.4 is 16.4 Å². The van der Waals surface area contributed by atoms with Crippen LogP contribution in [0, 0.1) is 6.92 Å². The Morgan fingerprint density at radius 1 is 1.39 bits per heavy atom. The molecule has 126 valence electrons. The smallest absolute Gasteiger partial charge is 0.249 e. The first-order valence-corrected chi connectivity index (χ1v) is 8.48. The normalized spacial score (nSPS) is 20.3. The van der Waals surface area contributed by atoms with Gasteiger partial charge in [0, 0.05) is 29.7 Å². The SMILES string of the molecule is Cc1ccc(Br)cc1NC(=O)CCNC(=O)[C@@H]1CC[C@H](CN)O1. The van der Waals surface area contributed by atoms with Crippen molar-refractivity contribution in [3.8, 4) is 0 Å². The molecule has 0 unspecified atom stereocenters. The lowest BCUT2D eigenvalue weighted by atomic mass is 10.2. The maximum absolute atomic E-state index is 12.0. The predicted molar refractivity (Wildman–Crippen MR) is 92.1 cm³/mol. The summed E-state index contributed by atoms with van der Waals surface area (Å²) in [6.45, 7) is 2.64. The number of carbonyl (C=O) groups excluding carboxylic acids is 2. The molecular formula is C16H22BrN3O3. The molecule has 1 saturated heterocycles. The van der Waals surface area contributed by atoms with E-state index in [1.54, 1.807) is 0 Å². The molecule has 23 heavy (non-hydrogen) atoms. The van der Waals surface area contributed by atoms with Gasteiger partial charge in [0.05, 0.1) is 6.10 Å². The molecular weight excluding hydrogens is 362 g/mol. The molecule has 4 N–H and O–H groups in total. The van der Waals surface area contributed by atoms with Crippen LogP contribution in [-0.2, 0) is 14.3 Å². The molecule has 0 aliphatic carbocycles. The van der Waals surface area contributed by atoms with Gasteiger partial charge >= 0.3 is 0 Å². The van der Waals surface area contributed by atoms with E-state index >= 15 is 0 Å². The number of benzene rings is 1. The minimum atomic E-state index is -0.445. The first-order valence-electron chi connectivity index (χ1n) is 7.69. The van der Waals surface area contributed by atoms with Crippen molar-refractivity contribution in [2.45, 2.75) is 38.4 Å². The van der Waals surface area contributed by atoms with E-state index in [4.69, 9.17) is 10.5 Å². The van der Waals surface area contributed by atoms with Crippen molar-refractivity contribution in [3.63, 3.8) is 0 Å². The highest BCUT2D eigenvalue weighted by atomic mass is 79.9. The fourth-order valence-corrected chi connectivity index (χ4v) is 2.79. The summed E-state index contributed by atoms with van der Waals surface area (Å²) >= 11 is 3.38. The number of ether oxygens (including phenoxy) is 1. The molecule has 1 aromatic rings. The molecule has 2 amide bonds. The Morgan fingerprint density at radius 2 is 2.17 bits per heavy atom. The summed E-state index contributed by atoms with van der Waals surface area (Å²) in [5.41, 5.74) is 7.27. The second-order valence-electron chi connectivity index (χ2n) is 5.61. The maximum atomic E-state index is 12.0. The van der Waals surface area contributed by atoms with Gasteiger partial charge in [-0.05, 0) is 37.5 Å². The fourth-order valence-electron chi connectivity index (χ4n) is 2.43. The van der Waals surface area contributed by atoms with Gasteiger partial charge in [-0.25, -0.2) is 0 Å². The highest BCUT2D eigenvalue weighted by Crippen LogP contribution is 2.21. The highest BCUT2D eigenvalue weighted by Gasteiger charge is 2.29. The number of carbonyl (C=O) groups is 2. The summed E-state index contributed by atoms with van der Waals surface area (Å²) in [6.07, 6.45) is 1.21. The molecule has 0 saturated carbocycles. The van der Waals surface area contributed by atoms with E-state index < -0.39 is 6.10 Å². The average molecular weight is 384 g/mol. The Bertz CT molecular complexity index is 580. The van der Waals surface area contributed by atoms with Crippen LogP contribution in [0.1, 0.15) is 24.8 Å². The highest BCUT2D eigenvalue weighted by molar-refractivity contribution is 9.10. The van der Waals surface area contributed by atoms with E-state index in [0.717, 1.165) is 22.1 Å². The number of amides is 2. The van der Waals surface area contributed by atoms with Gasteiger partial charge in [-0.15, -0.1) is 0 Å². The Balaban J connectivity index is 1.72. The lowest BCUT2D eigenvalue weighted by molar-refractivity contribution is -0.131. The summed E-state index contributed by atoms with van der Waals surface area (Å²) in [5, 5.41) is 5.58. The van der Waals surface area contributed by atoms with Crippen molar-refractivity contribution in [3.05, 3.63) is 28.2 Å². The number of hydrogen-bond donors (Lipinski definition) is 3. The number of anilines is 1. The molecule has 1 aliphatic rings. The van der Waals surface area contributed by atoms with Crippen molar-refractivity contribution in [2.75, 3.05) is 18.4 Å². The van der Waals surface area contributed by atoms with Crippen molar-refractivity contribution >= 4 is 33.4 Å². The Hall–Kier alpha value is -1.44. The lowest BCUT2D eigenvalue weighted by Crippen LogP contribution is -2.37. The zero-order valence-electron chi connectivity index (χ0n) is 13.1. The van der Waals surface area contributed by atoms with Crippen molar-refractivity contribution in [1.29, 1.82) is 0 Å². The molecule has 0 radical (unpaired) electrons. The summed E-state index contributed by atoms with van der Waals surface area (Å²) in [6, 6.07) is 5.69. The van der Waals surface area contributed by atoms with E-state index in [2.05, 4.69) is 26.6 Å². The van der Waals surface area contributed by atoms with Crippen LogP contribution in [0.2, 0.25) is 0 Å². The van der Waals surface area contributed by atoms with Gasteiger partial charge in [-0.3, -0.25) is 9.59 Å². The van der Waals surface area contributed by atoms with E-state index in [1.807, 2.05) is 25.1 Å². The molecule has 6 nitrogen and oxygen atoms in total. The van der Waals surface area contributed by atoms with Gasteiger partial charge in [0.25, 0.3) is 0 Å². The van der Waals surface area contributed by atoms with Gasteiger partial charge in [0.1, 0.15) is 6.10 Å². The van der Waals surface area contributed by atoms with Gasteiger partial charge in [-0.1, -0.05) is 22.0 Å². The monoisotopic (exact) mass is 383 g/mol. The second kappa shape index (κ2) is 8.42. The first-order chi connectivity index (χ1) is 11.0. The number of aryl methyl sites for hydroxylation is 1. The van der Waals surface area contributed by atoms with Crippen LogP contribution in [0.3, 0.4) is 0 Å². The zero-order valence-corrected chi connectivity index (χ0v) is 14.7. The van der Waals surface area contributed by atoms with E-state index in [0.29, 0.717) is 13.0 Å². The fraction of sp³-hybridized carbons (Fsp3) is 0.500. The molecule has 1 aromatic carbocycles. The summed E-state index contributed by atoms with van der Waals surface area (Å²) < 4.78 is 6.41. The molecule has 2 atom stereocenters. The minimum Gasteiger partial charge on any atom is -0.364 e. The quantitative estimate of drug-likeness (QED) is 0.696. The van der Waals surface area contributed by atoms with Crippen LogP contribution >= 0.6 is 15.9 Å². The second-order valence-corrected chi connectivity index (χ2v) is 6.52. The third-order valence-electron chi connectivity index (χ3n) is 3.79. The first kappa shape index (κ1) is 17.9. The third-order valence-corrected chi connectivity index (χ3v) is 4.28. The summed E-state index contributed by atoms with van der Waals surface area (Å²) in [4.78, 5) is 23.9. The molecule has 0 bridgehead atoms. The molecule has 7 heteroatoms. The Kier molecular flexibility index (Phi) is 6.56. The van der Waals surface area contributed by atoms with Crippen LogP contribution in [0.25, 0.3) is 0 Å². The van der Waals surface area contributed by atoms with E-state index in [9.17, 15) is 9.59 Å². The van der Waals surface area contributed by atoms with Gasteiger partial charge in [0.15, 0.2) is 0 Å². The summed E-state index contributed by atoms with van der Waals surface area (Å²) in [7, 11) is 0. The minimum absolute atomic E-state index is 0.0337. The molecule has 1 fully saturated rings. The molecule has 0 spiro atoms. The molecule has 1 aliphatic heterocycles. The maximum Gasteiger partial charge on any atom is 0.249 e.